The number of rotatable bonds is 2. The first kappa shape index (κ1) is 11.0. The summed E-state index contributed by atoms with van der Waals surface area (Å²) in [6, 6.07) is 6.21. The van der Waals surface area contributed by atoms with E-state index in [2.05, 4.69) is 24.4 Å². The van der Waals surface area contributed by atoms with Gasteiger partial charge in [0.25, 0.3) is 0 Å². The van der Waals surface area contributed by atoms with Crippen LogP contribution in [-0.2, 0) is 16.0 Å². The lowest BCUT2D eigenvalue weighted by Crippen LogP contribution is -2.45. The molecule has 3 heteroatoms. The number of carbonyl (C=O) groups excluding carboxylic acids is 1. The van der Waals surface area contributed by atoms with Crippen LogP contribution in [0.25, 0.3) is 0 Å². The zero-order valence-corrected chi connectivity index (χ0v) is 9.96. The zero-order chi connectivity index (χ0) is 11.8. The van der Waals surface area contributed by atoms with Crippen LogP contribution < -0.4 is 5.32 Å². The molecule has 1 heterocycles. The van der Waals surface area contributed by atoms with Gasteiger partial charge in [0.15, 0.2) is 0 Å². The highest BCUT2D eigenvalue weighted by atomic mass is 16.5. The van der Waals surface area contributed by atoms with Gasteiger partial charge in [-0.2, -0.15) is 0 Å². The van der Waals surface area contributed by atoms with Crippen molar-refractivity contribution in [2.75, 3.05) is 12.4 Å². The fourth-order valence-electron chi connectivity index (χ4n) is 2.29. The summed E-state index contributed by atoms with van der Waals surface area (Å²) >= 11 is 0. The molecule has 0 bridgehead atoms. The van der Waals surface area contributed by atoms with Crippen molar-refractivity contribution in [2.24, 2.45) is 0 Å². The molecular formula is C13H17NO2. The van der Waals surface area contributed by atoms with Crippen molar-refractivity contribution in [3.05, 3.63) is 29.3 Å². The molecule has 1 atom stereocenters. The Bertz CT molecular complexity index is 428. The highest BCUT2D eigenvalue weighted by Crippen LogP contribution is 2.35. The number of hydrogen-bond donors (Lipinski definition) is 1. The van der Waals surface area contributed by atoms with Crippen molar-refractivity contribution in [1.29, 1.82) is 0 Å². The summed E-state index contributed by atoms with van der Waals surface area (Å²) in [6.45, 7) is 4.06. The molecule has 1 aromatic carbocycles. The predicted molar refractivity (Wildman–Crippen MR) is 63.5 cm³/mol. The molecule has 0 aromatic heterocycles. The molecule has 86 valence electrons. The van der Waals surface area contributed by atoms with Crippen LogP contribution in [0.4, 0.5) is 5.69 Å². The van der Waals surface area contributed by atoms with E-state index in [1.54, 1.807) is 0 Å². The minimum atomic E-state index is -0.565. The Kier molecular flexibility index (Phi) is 2.62. The topological polar surface area (TPSA) is 38.3 Å². The van der Waals surface area contributed by atoms with Crippen molar-refractivity contribution >= 4 is 11.7 Å². The quantitative estimate of drug-likeness (QED) is 0.775. The van der Waals surface area contributed by atoms with Crippen LogP contribution in [0.5, 0.6) is 0 Å². The SMILES string of the molecule is CCC1(C(=O)OC)Cc2cc(C)ccc2N1. The molecule has 1 aromatic rings. The predicted octanol–water partition coefficient (Wildman–Crippen LogP) is 2.28. The first-order valence-corrected chi connectivity index (χ1v) is 5.57. The van der Waals surface area contributed by atoms with E-state index >= 15 is 0 Å². The number of methoxy groups -OCH3 is 1. The Hall–Kier alpha value is -1.51. The van der Waals surface area contributed by atoms with Crippen LogP contribution in [0.3, 0.4) is 0 Å². The molecule has 0 aliphatic carbocycles. The summed E-state index contributed by atoms with van der Waals surface area (Å²) in [5, 5.41) is 3.30. The number of nitrogens with one attached hydrogen (secondary N) is 1. The smallest absolute Gasteiger partial charge is 0.331 e. The van der Waals surface area contributed by atoms with E-state index < -0.39 is 5.54 Å². The minimum Gasteiger partial charge on any atom is -0.467 e. The minimum absolute atomic E-state index is 0.177. The van der Waals surface area contributed by atoms with E-state index in [1.165, 1.54) is 18.2 Å². The van der Waals surface area contributed by atoms with Crippen molar-refractivity contribution in [2.45, 2.75) is 32.2 Å². The average molecular weight is 219 g/mol. The molecule has 0 radical (unpaired) electrons. The van der Waals surface area contributed by atoms with E-state index in [1.807, 2.05) is 13.0 Å². The van der Waals surface area contributed by atoms with Gasteiger partial charge in [-0.3, -0.25) is 0 Å². The molecule has 0 fully saturated rings. The average Bonchev–Trinajstić information content (AvgIpc) is 2.67. The van der Waals surface area contributed by atoms with Crippen LogP contribution in [0.15, 0.2) is 18.2 Å². The Labute approximate surface area is 95.8 Å². The molecule has 1 unspecified atom stereocenters. The van der Waals surface area contributed by atoms with Crippen molar-refractivity contribution in [3.63, 3.8) is 0 Å². The van der Waals surface area contributed by atoms with Crippen LogP contribution in [0.2, 0.25) is 0 Å². The number of fused-ring (bicyclic) bond motifs is 1. The summed E-state index contributed by atoms with van der Waals surface area (Å²) in [5.74, 6) is -0.177. The number of benzene rings is 1. The van der Waals surface area contributed by atoms with Crippen molar-refractivity contribution < 1.29 is 9.53 Å². The molecule has 0 saturated carbocycles. The third kappa shape index (κ3) is 1.56. The van der Waals surface area contributed by atoms with Crippen molar-refractivity contribution in [3.8, 4) is 0 Å². The summed E-state index contributed by atoms with van der Waals surface area (Å²) < 4.78 is 4.89. The standard InChI is InChI=1S/C13H17NO2/c1-4-13(12(15)16-3)8-10-7-9(2)5-6-11(10)14-13/h5-7,14H,4,8H2,1-3H3. The van der Waals surface area contributed by atoms with Gasteiger partial charge in [-0.05, 0) is 25.0 Å². The van der Waals surface area contributed by atoms with E-state index in [9.17, 15) is 4.79 Å². The van der Waals surface area contributed by atoms with Gasteiger partial charge < -0.3 is 10.1 Å². The zero-order valence-electron chi connectivity index (χ0n) is 9.96. The molecule has 1 aliphatic heterocycles. The van der Waals surface area contributed by atoms with Crippen LogP contribution in [-0.4, -0.2) is 18.6 Å². The van der Waals surface area contributed by atoms with Gasteiger partial charge in [0.05, 0.1) is 7.11 Å². The van der Waals surface area contributed by atoms with Gasteiger partial charge in [-0.1, -0.05) is 24.6 Å². The lowest BCUT2D eigenvalue weighted by Gasteiger charge is -2.25. The summed E-state index contributed by atoms with van der Waals surface area (Å²) in [7, 11) is 1.44. The third-order valence-corrected chi connectivity index (χ3v) is 3.31. The molecule has 1 N–H and O–H groups in total. The summed E-state index contributed by atoms with van der Waals surface area (Å²) in [5.41, 5.74) is 2.91. The molecule has 0 spiro atoms. The second-order valence-corrected chi connectivity index (χ2v) is 4.39. The van der Waals surface area contributed by atoms with Crippen LogP contribution in [0, 0.1) is 6.92 Å². The molecule has 3 nitrogen and oxygen atoms in total. The van der Waals surface area contributed by atoms with E-state index in [0.717, 1.165) is 12.1 Å². The van der Waals surface area contributed by atoms with Gasteiger partial charge in [0, 0.05) is 12.1 Å². The first-order valence-electron chi connectivity index (χ1n) is 5.57. The summed E-state index contributed by atoms with van der Waals surface area (Å²) in [4.78, 5) is 11.8. The Balaban J connectivity index is 2.35. The second-order valence-electron chi connectivity index (χ2n) is 4.39. The fourth-order valence-corrected chi connectivity index (χ4v) is 2.29. The van der Waals surface area contributed by atoms with Crippen molar-refractivity contribution in [1.82, 2.24) is 0 Å². The maximum Gasteiger partial charge on any atom is 0.331 e. The fraction of sp³-hybridized carbons (Fsp3) is 0.462. The number of hydrogen-bond acceptors (Lipinski definition) is 3. The lowest BCUT2D eigenvalue weighted by atomic mass is 9.92. The molecule has 0 amide bonds. The number of ether oxygens (including phenoxy) is 1. The molecule has 1 aliphatic rings. The maximum atomic E-state index is 11.8. The maximum absolute atomic E-state index is 11.8. The number of carbonyl (C=O) groups is 1. The second kappa shape index (κ2) is 3.81. The van der Waals surface area contributed by atoms with Crippen LogP contribution in [0.1, 0.15) is 24.5 Å². The first-order chi connectivity index (χ1) is 7.61. The molecule has 16 heavy (non-hydrogen) atoms. The van der Waals surface area contributed by atoms with E-state index in [0.29, 0.717) is 6.42 Å². The van der Waals surface area contributed by atoms with E-state index in [4.69, 9.17) is 4.74 Å². The molecular weight excluding hydrogens is 202 g/mol. The van der Waals surface area contributed by atoms with Gasteiger partial charge in [-0.25, -0.2) is 4.79 Å². The Morgan fingerprint density at radius 1 is 1.56 bits per heavy atom. The Morgan fingerprint density at radius 2 is 2.31 bits per heavy atom. The van der Waals surface area contributed by atoms with Gasteiger partial charge in [0.1, 0.15) is 5.54 Å². The van der Waals surface area contributed by atoms with Gasteiger partial charge in [-0.15, -0.1) is 0 Å². The van der Waals surface area contributed by atoms with Gasteiger partial charge in [0.2, 0.25) is 0 Å². The highest BCUT2D eigenvalue weighted by Gasteiger charge is 2.42. The third-order valence-electron chi connectivity index (χ3n) is 3.31. The number of anilines is 1. The molecule has 2 rings (SSSR count). The normalized spacial score (nSPS) is 22.4. The van der Waals surface area contributed by atoms with E-state index in [-0.39, 0.29) is 5.97 Å². The number of esters is 1. The number of aryl methyl sites for hydroxylation is 1. The largest absolute Gasteiger partial charge is 0.467 e. The van der Waals surface area contributed by atoms with Crippen LogP contribution >= 0.6 is 0 Å². The lowest BCUT2D eigenvalue weighted by molar-refractivity contribution is -0.145. The monoisotopic (exact) mass is 219 g/mol. The summed E-state index contributed by atoms with van der Waals surface area (Å²) in [6.07, 6.45) is 1.45. The highest BCUT2D eigenvalue weighted by molar-refractivity contribution is 5.88. The Morgan fingerprint density at radius 3 is 2.94 bits per heavy atom. The molecule has 0 saturated heterocycles. The van der Waals surface area contributed by atoms with Gasteiger partial charge >= 0.3 is 5.97 Å².